The van der Waals surface area contributed by atoms with E-state index in [-0.39, 0.29) is 5.91 Å². The maximum atomic E-state index is 12.0. The lowest BCUT2D eigenvalue weighted by Crippen LogP contribution is -2.35. The van der Waals surface area contributed by atoms with Crippen molar-refractivity contribution in [1.29, 1.82) is 0 Å². The van der Waals surface area contributed by atoms with E-state index in [1.165, 1.54) is 18.6 Å². The van der Waals surface area contributed by atoms with E-state index in [0.717, 1.165) is 12.0 Å². The van der Waals surface area contributed by atoms with Gasteiger partial charge in [-0.1, -0.05) is 48.4 Å². The van der Waals surface area contributed by atoms with E-state index in [1.807, 2.05) is 45.0 Å². The first kappa shape index (κ1) is 21.7. The van der Waals surface area contributed by atoms with Gasteiger partial charge in [-0.3, -0.25) is 4.79 Å². The van der Waals surface area contributed by atoms with Crippen LogP contribution in [0.1, 0.15) is 42.7 Å². The molecule has 150 valence electrons. The first-order valence-corrected chi connectivity index (χ1v) is 9.64. The Morgan fingerprint density at radius 1 is 1.29 bits per heavy atom. The van der Waals surface area contributed by atoms with Crippen LogP contribution in [-0.4, -0.2) is 34.3 Å². The molecule has 0 aliphatic carbocycles. The number of carbonyl (C=O) groups excluding carboxylic acids is 2. The number of nitrogens with zero attached hydrogens (tertiary/aromatic N) is 2. The SMILES string of the molecule is CCCNC(=O)[C@@H](C)OC(=O)/C=C/c1c(C)nn(Cc2ccc(C)cc2)c1Cl. The lowest BCUT2D eigenvalue weighted by molar-refractivity contribution is -0.150. The second kappa shape index (κ2) is 10.1. The van der Waals surface area contributed by atoms with Gasteiger partial charge in [-0.05, 0) is 38.8 Å². The van der Waals surface area contributed by atoms with Gasteiger partial charge in [0.25, 0.3) is 5.91 Å². The quantitative estimate of drug-likeness (QED) is 0.539. The number of aromatic nitrogens is 2. The van der Waals surface area contributed by atoms with Crippen LogP contribution in [0.4, 0.5) is 0 Å². The third kappa shape index (κ3) is 5.96. The van der Waals surface area contributed by atoms with Crippen molar-refractivity contribution in [2.24, 2.45) is 0 Å². The summed E-state index contributed by atoms with van der Waals surface area (Å²) in [5.74, 6) is -0.926. The minimum Gasteiger partial charge on any atom is -0.449 e. The Bertz CT molecular complexity index is 857. The predicted octanol–water partition coefficient (Wildman–Crippen LogP) is 3.67. The highest BCUT2D eigenvalue weighted by Crippen LogP contribution is 2.22. The van der Waals surface area contributed by atoms with Crippen LogP contribution in [0.3, 0.4) is 0 Å². The molecule has 2 rings (SSSR count). The molecule has 7 heteroatoms. The number of hydrogen-bond donors (Lipinski definition) is 1. The second-order valence-corrected chi connectivity index (χ2v) is 6.99. The van der Waals surface area contributed by atoms with Crippen molar-refractivity contribution in [3.63, 3.8) is 0 Å². The minimum atomic E-state index is -0.857. The van der Waals surface area contributed by atoms with Crippen LogP contribution in [0.2, 0.25) is 5.15 Å². The highest BCUT2D eigenvalue weighted by molar-refractivity contribution is 6.31. The van der Waals surface area contributed by atoms with Crippen LogP contribution in [-0.2, 0) is 20.9 Å². The molecule has 28 heavy (non-hydrogen) atoms. The van der Waals surface area contributed by atoms with Gasteiger partial charge in [-0.2, -0.15) is 5.10 Å². The maximum absolute atomic E-state index is 12.0. The van der Waals surface area contributed by atoms with Crippen LogP contribution in [0.15, 0.2) is 30.3 Å². The number of amides is 1. The van der Waals surface area contributed by atoms with Gasteiger partial charge in [-0.15, -0.1) is 0 Å². The predicted molar refractivity (Wildman–Crippen MR) is 110 cm³/mol. The number of esters is 1. The van der Waals surface area contributed by atoms with Crippen LogP contribution < -0.4 is 5.32 Å². The summed E-state index contributed by atoms with van der Waals surface area (Å²) in [6.07, 6.45) is 2.78. The number of nitrogens with one attached hydrogen (secondary N) is 1. The van der Waals surface area contributed by atoms with Crippen molar-refractivity contribution in [1.82, 2.24) is 15.1 Å². The van der Waals surface area contributed by atoms with E-state index < -0.39 is 12.1 Å². The lowest BCUT2D eigenvalue weighted by Gasteiger charge is -2.11. The average molecular weight is 404 g/mol. The van der Waals surface area contributed by atoms with Crippen molar-refractivity contribution in [2.45, 2.75) is 46.8 Å². The van der Waals surface area contributed by atoms with E-state index in [4.69, 9.17) is 16.3 Å². The van der Waals surface area contributed by atoms with Crippen molar-refractivity contribution < 1.29 is 14.3 Å². The number of halogens is 1. The van der Waals surface area contributed by atoms with Crippen LogP contribution in [0, 0.1) is 13.8 Å². The summed E-state index contributed by atoms with van der Waals surface area (Å²) >= 11 is 6.44. The van der Waals surface area contributed by atoms with Gasteiger partial charge in [0.15, 0.2) is 6.10 Å². The largest absolute Gasteiger partial charge is 0.449 e. The molecule has 0 bridgehead atoms. The maximum Gasteiger partial charge on any atom is 0.331 e. The summed E-state index contributed by atoms with van der Waals surface area (Å²) in [4.78, 5) is 23.8. The standard InChI is InChI=1S/C21H26ClN3O3/c1-5-12-23-21(27)16(4)28-19(26)11-10-18-15(3)24-25(20(18)22)13-17-8-6-14(2)7-9-17/h6-11,16H,5,12-13H2,1-4H3,(H,23,27)/b11-10+/t16-/m1/s1. The molecule has 0 aliphatic rings. The van der Waals surface area contributed by atoms with Gasteiger partial charge in [0.2, 0.25) is 0 Å². The normalized spacial score (nSPS) is 12.2. The molecule has 0 spiro atoms. The van der Waals surface area contributed by atoms with Gasteiger partial charge in [-0.25, -0.2) is 9.48 Å². The summed E-state index contributed by atoms with van der Waals surface area (Å²) in [7, 11) is 0. The number of benzene rings is 1. The number of aryl methyl sites for hydroxylation is 2. The fourth-order valence-corrected chi connectivity index (χ4v) is 2.84. The number of ether oxygens (including phenoxy) is 1. The molecule has 6 nitrogen and oxygen atoms in total. The highest BCUT2D eigenvalue weighted by atomic mass is 35.5. The van der Waals surface area contributed by atoms with Crippen LogP contribution in [0.25, 0.3) is 6.08 Å². The Hall–Kier alpha value is -2.60. The molecule has 0 fully saturated rings. The summed E-state index contributed by atoms with van der Waals surface area (Å²) in [6.45, 7) is 8.42. The topological polar surface area (TPSA) is 73.2 Å². The van der Waals surface area contributed by atoms with Crippen LogP contribution in [0.5, 0.6) is 0 Å². The molecule has 0 unspecified atom stereocenters. The molecule has 0 saturated heterocycles. The van der Waals surface area contributed by atoms with Crippen molar-refractivity contribution in [2.75, 3.05) is 6.54 Å². The fourth-order valence-electron chi connectivity index (χ4n) is 2.54. The summed E-state index contributed by atoms with van der Waals surface area (Å²) in [5, 5.41) is 7.57. The monoisotopic (exact) mass is 403 g/mol. The Morgan fingerprint density at radius 3 is 2.61 bits per heavy atom. The zero-order valence-electron chi connectivity index (χ0n) is 16.7. The molecule has 1 aromatic carbocycles. The Balaban J connectivity index is 2.03. The summed E-state index contributed by atoms with van der Waals surface area (Å²) < 4.78 is 6.80. The molecule has 1 atom stereocenters. The molecule has 2 aromatic rings. The van der Waals surface area contributed by atoms with E-state index in [2.05, 4.69) is 10.4 Å². The number of rotatable bonds is 8. The third-order valence-corrected chi connectivity index (χ3v) is 4.56. The van der Waals surface area contributed by atoms with E-state index >= 15 is 0 Å². The van der Waals surface area contributed by atoms with Gasteiger partial charge in [0.05, 0.1) is 12.2 Å². The Morgan fingerprint density at radius 2 is 1.96 bits per heavy atom. The van der Waals surface area contributed by atoms with E-state index in [1.54, 1.807) is 10.8 Å². The number of hydrogen-bond acceptors (Lipinski definition) is 4. The summed E-state index contributed by atoms with van der Waals surface area (Å²) in [6, 6.07) is 8.13. The van der Waals surface area contributed by atoms with Crippen molar-refractivity contribution in [3.05, 3.63) is 57.9 Å². The molecule has 1 heterocycles. The van der Waals surface area contributed by atoms with Crippen molar-refractivity contribution in [3.8, 4) is 0 Å². The first-order valence-electron chi connectivity index (χ1n) is 9.26. The molecule has 1 aromatic heterocycles. The van der Waals surface area contributed by atoms with E-state index in [9.17, 15) is 9.59 Å². The summed E-state index contributed by atoms with van der Waals surface area (Å²) in [5.41, 5.74) is 3.62. The van der Waals surface area contributed by atoms with Gasteiger partial charge >= 0.3 is 5.97 Å². The van der Waals surface area contributed by atoms with Gasteiger partial charge in [0, 0.05) is 18.2 Å². The zero-order valence-corrected chi connectivity index (χ0v) is 17.4. The molecule has 1 N–H and O–H groups in total. The zero-order chi connectivity index (χ0) is 20.7. The number of carbonyl (C=O) groups is 2. The first-order chi connectivity index (χ1) is 13.3. The van der Waals surface area contributed by atoms with Crippen LogP contribution >= 0.6 is 11.6 Å². The lowest BCUT2D eigenvalue weighted by atomic mass is 10.1. The van der Waals surface area contributed by atoms with Gasteiger partial charge < -0.3 is 10.1 Å². The fraction of sp³-hybridized carbons (Fsp3) is 0.381. The second-order valence-electron chi connectivity index (χ2n) is 6.64. The molecular formula is C21H26ClN3O3. The molecular weight excluding hydrogens is 378 g/mol. The van der Waals surface area contributed by atoms with E-state index in [0.29, 0.717) is 29.5 Å². The molecule has 1 amide bonds. The smallest absolute Gasteiger partial charge is 0.331 e. The average Bonchev–Trinajstić information content (AvgIpc) is 2.92. The molecule has 0 aliphatic heterocycles. The minimum absolute atomic E-state index is 0.316. The van der Waals surface area contributed by atoms with Crippen molar-refractivity contribution >= 4 is 29.6 Å². The Kier molecular flexibility index (Phi) is 7.81. The molecule has 0 saturated carbocycles. The molecule has 0 radical (unpaired) electrons. The third-order valence-electron chi connectivity index (χ3n) is 4.16. The highest BCUT2D eigenvalue weighted by Gasteiger charge is 2.16. The van der Waals surface area contributed by atoms with Gasteiger partial charge in [0.1, 0.15) is 5.15 Å². The Labute approximate surface area is 170 Å².